The van der Waals surface area contributed by atoms with E-state index in [1.807, 2.05) is 27.7 Å². The van der Waals surface area contributed by atoms with E-state index in [0.717, 1.165) is 11.3 Å². The number of aromatic hydroxyl groups is 1. The third-order valence-corrected chi connectivity index (χ3v) is 5.19. The van der Waals surface area contributed by atoms with Gasteiger partial charge >= 0.3 is 6.09 Å². The van der Waals surface area contributed by atoms with Gasteiger partial charge in [-0.3, -0.25) is 4.79 Å². The first kappa shape index (κ1) is 25.3. The van der Waals surface area contributed by atoms with Gasteiger partial charge in [-0.25, -0.2) is 9.78 Å². The molecule has 35 heavy (non-hydrogen) atoms. The minimum Gasteiger partial charge on any atom is -0.508 e. The lowest BCUT2D eigenvalue weighted by molar-refractivity contribution is 0.0362. The number of phenols is 1. The summed E-state index contributed by atoms with van der Waals surface area (Å²) < 4.78 is 5.15. The fraction of sp³-hybridized carbons (Fsp3) is 0.280. The van der Waals surface area contributed by atoms with Crippen LogP contribution in [-0.4, -0.2) is 39.7 Å². The van der Waals surface area contributed by atoms with Crippen LogP contribution in [0.5, 0.6) is 5.75 Å². The minimum atomic E-state index is -0.888. The van der Waals surface area contributed by atoms with Gasteiger partial charge < -0.3 is 31.5 Å². The second-order valence-corrected chi connectivity index (χ2v) is 9.10. The van der Waals surface area contributed by atoms with E-state index in [1.165, 1.54) is 0 Å². The maximum atomic E-state index is 12.7. The quantitative estimate of drug-likeness (QED) is 0.323. The number of carbonyl (C=O) groups excluding carboxylic acids is 2. The number of hydrogen-bond donors (Lipinski definition) is 5. The first-order valence-corrected chi connectivity index (χ1v) is 11.0. The zero-order valence-corrected chi connectivity index (χ0v) is 20.1. The summed E-state index contributed by atoms with van der Waals surface area (Å²) >= 11 is 0. The molecule has 0 aliphatic rings. The van der Waals surface area contributed by atoms with Gasteiger partial charge in [0.05, 0.1) is 6.54 Å². The zero-order chi connectivity index (χ0) is 25.6. The average Bonchev–Trinajstić information content (AvgIpc) is 2.78. The molecular weight excluding hydrogens is 448 g/mol. The first-order valence-electron chi connectivity index (χ1n) is 11.0. The molecule has 0 aliphatic carbocycles. The Morgan fingerprint density at radius 3 is 2.60 bits per heavy atom. The number of nitrogens with one attached hydrogen (secondary N) is 3. The molecule has 10 nitrogen and oxygen atoms in total. The second-order valence-electron chi connectivity index (χ2n) is 9.10. The van der Waals surface area contributed by atoms with Crippen molar-refractivity contribution >= 4 is 35.1 Å². The van der Waals surface area contributed by atoms with Crippen molar-refractivity contribution < 1.29 is 19.4 Å². The van der Waals surface area contributed by atoms with E-state index in [1.54, 1.807) is 54.7 Å². The summed E-state index contributed by atoms with van der Waals surface area (Å²) in [5.74, 6) is 0.683. The van der Waals surface area contributed by atoms with Crippen molar-refractivity contribution in [1.82, 2.24) is 15.3 Å². The molecule has 0 radical (unpaired) electrons. The molecule has 0 spiro atoms. The van der Waals surface area contributed by atoms with Crippen molar-refractivity contribution in [2.75, 3.05) is 17.2 Å². The van der Waals surface area contributed by atoms with Crippen molar-refractivity contribution in [2.45, 2.75) is 33.8 Å². The second kappa shape index (κ2) is 10.7. The average molecular weight is 479 g/mol. The van der Waals surface area contributed by atoms with Crippen LogP contribution in [0.2, 0.25) is 0 Å². The van der Waals surface area contributed by atoms with Gasteiger partial charge in [0.1, 0.15) is 17.7 Å². The van der Waals surface area contributed by atoms with Crippen molar-refractivity contribution in [3.05, 3.63) is 65.9 Å². The predicted octanol–water partition coefficient (Wildman–Crippen LogP) is 4.22. The molecule has 1 unspecified atom stereocenters. The Morgan fingerprint density at radius 2 is 1.89 bits per heavy atom. The third-order valence-electron chi connectivity index (χ3n) is 5.19. The molecule has 0 bridgehead atoms. The maximum absolute atomic E-state index is 12.7. The van der Waals surface area contributed by atoms with E-state index in [4.69, 9.17) is 10.5 Å². The molecule has 10 heteroatoms. The first-order chi connectivity index (χ1) is 16.5. The van der Waals surface area contributed by atoms with Gasteiger partial charge in [-0.1, -0.05) is 32.9 Å². The molecule has 1 atom stereocenters. The number of ether oxygens (including phenoxy) is 1. The van der Waals surface area contributed by atoms with Crippen LogP contribution >= 0.6 is 0 Å². The smallest absolute Gasteiger partial charge is 0.404 e. The van der Waals surface area contributed by atoms with Gasteiger partial charge in [-0.05, 0) is 42.8 Å². The summed E-state index contributed by atoms with van der Waals surface area (Å²) in [6.45, 7) is 7.71. The molecule has 0 saturated carbocycles. The largest absolute Gasteiger partial charge is 0.508 e. The Hall–Kier alpha value is -4.34. The van der Waals surface area contributed by atoms with Gasteiger partial charge in [0.25, 0.3) is 5.91 Å². The van der Waals surface area contributed by atoms with E-state index < -0.39 is 17.6 Å². The molecule has 1 heterocycles. The Bertz CT molecular complexity index is 1210. The highest BCUT2D eigenvalue weighted by Gasteiger charge is 2.28. The number of hydrogen-bond acceptors (Lipinski definition) is 8. The molecule has 2 amide bonds. The molecule has 0 aliphatic heterocycles. The number of carbonyl (C=O) groups is 2. The van der Waals surface area contributed by atoms with E-state index in [-0.39, 0.29) is 18.2 Å². The van der Waals surface area contributed by atoms with E-state index in [2.05, 4.69) is 25.9 Å². The summed E-state index contributed by atoms with van der Waals surface area (Å²) in [6.07, 6.45) is 0.128. The lowest BCUT2D eigenvalue weighted by atomic mass is 9.89. The molecule has 0 fully saturated rings. The summed E-state index contributed by atoms with van der Waals surface area (Å²) in [5.41, 5.74) is 7.45. The molecular formula is C25H30N6O4. The summed E-state index contributed by atoms with van der Waals surface area (Å²) in [4.78, 5) is 32.6. The van der Waals surface area contributed by atoms with Crippen LogP contribution in [0.4, 0.5) is 27.9 Å². The molecule has 184 valence electrons. The van der Waals surface area contributed by atoms with Crippen molar-refractivity contribution in [3.8, 4) is 5.75 Å². The van der Waals surface area contributed by atoms with Crippen LogP contribution in [-0.2, 0) is 4.74 Å². The van der Waals surface area contributed by atoms with Gasteiger partial charge in [-0.2, -0.15) is 4.98 Å². The van der Waals surface area contributed by atoms with E-state index >= 15 is 0 Å². The number of rotatable bonds is 8. The highest BCUT2D eigenvalue weighted by molar-refractivity contribution is 5.95. The zero-order valence-electron chi connectivity index (χ0n) is 20.1. The Balaban J connectivity index is 1.68. The number of amides is 2. The van der Waals surface area contributed by atoms with Gasteiger partial charge in [-0.15, -0.1) is 0 Å². The number of phenolic OH excluding ortho intramolecular Hbond substituents is 1. The molecule has 0 saturated heterocycles. The fourth-order valence-electron chi connectivity index (χ4n) is 3.19. The van der Waals surface area contributed by atoms with Crippen molar-refractivity contribution in [2.24, 2.45) is 11.1 Å². The van der Waals surface area contributed by atoms with Crippen LogP contribution in [0.1, 0.15) is 36.7 Å². The van der Waals surface area contributed by atoms with E-state index in [0.29, 0.717) is 23.0 Å². The number of benzene rings is 2. The fourth-order valence-corrected chi connectivity index (χ4v) is 3.19. The molecule has 3 aromatic rings. The van der Waals surface area contributed by atoms with Crippen LogP contribution in [0.3, 0.4) is 0 Å². The third kappa shape index (κ3) is 7.32. The van der Waals surface area contributed by atoms with E-state index in [9.17, 15) is 14.7 Å². The molecule has 6 N–H and O–H groups in total. The standard InChI is InChI=1S/C25H30N6O4/c1-15-8-9-18(32)13-19(15)30-21-10-11-27-24(31-21)29-17-7-5-6-16(12-17)22(33)28-14-20(25(2,3)4)35-23(26)34/h5-13,20,32H,14H2,1-4H3,(H2,26,34)(H,28,33)(H2,27,29,30,31). The van der Waals surface area contributed by atoms with Crippen LogP contribution < -0.4 is 21.7 Å². The molecule has 1 aromatic heterocycles. The number of aryl methyl sites for hydroxylation is 1. The van der Waals surface area contributed by atoms with Gasteiger partial charge in [0.2, 0.25) is 5.95 Å². The topological polar surface area (TPSA) is 151 Å². The number of nitrogens with zero attached hydrogens (tertiary/aromatic N) is 2. The van der Waals surface area contributed by atoms with Crippen LogP contribution in [0.25, 0.3) is 0 Å². The van der Waals surface area contributed by atoms with Gasteiger partial charge in [0, 0.05) is 34.6 Å². The minimum absolute atomic E-state index is 0.119. The SMILES string of the molecule is Cc1ccc(O)cc1Nc1ccnc(Nc2cccc(C(=O)NCC(OC(N)=O)C(C)(C)C)c2)n1. The number of aromatic nitrogens is 2. The maximum Gasteiger partial charge on any atom is 0.404 e. The summed E-state index contributed by atoms with van der Waals surface area (Å²) in [7, 11) is 0. The Labute approximate surface area is 203 Å². The Morgan fingerprint density at radius 1 is 1.11 bits per heavy atom. The number of anilines is 4. The van der Waals surface area contributed by atoms with Crippen molar-refractivity contribution in [3.63, 3.8) is 0 Å². The predicted molar refractivity (Wildman–Crippen MR) is 134 cm³/mol. The van der Waals surface area contributed by atoms with Crippen LogP contribution in [0, 0.1) is 12.3 Å². The summed E-state index contributed by atoms with van der Waals surface area (Å²) in [5, 5.41) is 18.8. The van der Waals surface area contributed by atoms with Gasteiger partial charge in [0.15, 0.2) is 0 Å². The highest BCUT2D eigenvalue weighted by Crippen LogP contribution is 2.25. The Kier molecular flexibility index (Phi) is 7.75. The lowest BCUT2D eigenvalue weighted by Gasteiger charge is -2.29. The molecule has 2 aromatic carbocycles. The normalized spacial score (nSPS) is 11.9. The van der Waals surface area contributed by atoms with Crippen molar-refractivity contribution in [1.29, 1.82) is 0 Å². The monoisotopic (exact) mass is 478 g/mol. The highest BCUT2D eigenvalue weighted by atomic mass is 16.6. The molecule has 3 rings (SSSR count). The number of primary amides is 1. The van der Waals surface area contributed by atoms with Crippen LogP contribution in [0.15, 0.2) is 54.7 Å². The summed E-state index contributed by atoms with van der Waals surface area (Å²) in [6, 6.07) is 13.6. The number of nitrogens with two attached hydrogens (primary N) is 1. The lowest BCUT2D eigenvalue weighted by Crippen LogP contribution is -2.43.